The highest BCUT2D eigenvalue weighted by Gasteiger charge is 2.22. The molecule has 0 N–H and O–H groups in total. The highest BCUT2D eigenvalue weighted by atomic mass is 19.1. The van der Waals surface area contributed by atoms with Crippen LogP contribution in [0.1, 0.15) is 27.9 Å². The smallest absolute Gasteiger partial charge is 0.253 e. The number of carbonyl (C=O) groups is 2. The Kier molecular flexibility index (Phi) is 6.99. The van der Waals surface area contributed by atoms with Gasteiger partial charge in [-0.2, -0.15) is 0 Å². The number of halogens is 1. The molecule has 2 aromatic carbocycles. The number of benzene rings is 2. The van der Waals surface area contributed by atoms with Crippen molar-refractivity contribution < 1.29 is 14.0 Å². The van der Waals surface area contributed by atoms with Crippen molar-refractivity contribution in [3.63, 3.8) is 0 Å². The fourth-order valence-electron chi connectivity index (χ4n) is 3.58. The summed E-state index contributed by atoms with van der Waals surface area (Å²) in [6.45, 7) is 5.19. The predicted molar refractivity (Wildman–Crippen MR) is 111 cm³/mol. The maximum atomic E-state index is 13.8. The summed E-state index contributed by atoms with van der Waals surface area (Å²) >= 11 is 0. The topological polar surface area (TPSA) is 43.9 Å². The number of amides is 2. The average Bonchev–Trinajstić information content (AvgIpc) is 2.94. The minimum absolute atomic E-state index is 0.0403. The summed E-state index contributed by atoms with van der Waals surface area (Å²) < 4.78 is 13.8. The summed E-state index contributed by atoms with van der Waals surface area (Å²) in [6, 6.07) is 14.1. The average molecular weight is 397 g/mol. The Morgan fingerprint density at radius 1 is 1.03 bits per heavy atom. The van der Waals surface area contributed by atoms with Crippen molar-refractivity contribution in [1.82, 2.24) is 14.7 Å². The normalized spacial score (nSPS) is 15.1. The molecule has 0 aromatic heterocycles. The van der Waals surface area contributed by atoms with Crippen LogP contribution < -0.4 is 0 Å². The van der Waals surface area contributed by atoms with E-state index in [2.05, 4.69) is 4.90 Å². The van der Waals surface area contributed by atoms with Crippen molar-refractivity contribution in [3.05, 3.63) is 71.0 Å². The molecule has 1 saturated heterocycles. The molecule has 0 saturated carbocycles. The molecular formula is C23H28FN3O2. The molecule has 154 valence electrons. The molecule has 0 spiro atoms. The van der Waals surface area contributed by atoms with Gasteiger partial charge in [-0.3, -0.25) is 14.5 Å². The van der Waals surface area contributed by atoms with E-state index in [9.17, 15) is 14.0 Å². The van der Waals surface area contributed by atoms with Crippen LogP contribution in [-0.2, 0) is 11.3 Å². The molecule has 2 aromatic rings. The van der Waals surface area contributed by atoms with Crippen molar-refractivity contribution in [1.29, 1.82) is 0 Å². The van der Waals surface area contributed by atoms with Crippen molar-refractivity contribution >= 4 is 11.8 Å². The molecule has 0 aliphatic carbocycles. The van der Waals surface area contributed by atoms with Gasteiger partial charge in [0.25, 0.3) is 5.91 Å². The highest BCUT2D eigenvalue weighted by molar-refractivity contribution is 5.94. The van der Waals surface area contributed by atoms with E-state index in [0.29, 0.717) is 30.8 Å². The monoisotopic (exact) mass is 397 g/mol. The Morgan fingerprint density at radius 2 is 1.83 bits per heavy atom. The van der Waals surface area contributed by atoms with Gasteiger partial charge < -0.3 is 9.80 Å². The van der Waals surface area contributed by atoms with Crippen LogP contribution in [0.5, 0.6) is 0 Å². The Balaban J connectivity index is 1.53. The minimum Gasteiger partial charge on any atom is -0.340 e. The Bertz CT molecular complexity index is 871. The van der Waals surface area contributed by atoms with Crippen LogP contribution in [0.4, 0.5) is 4.39 Å². The fraction of sp³-hybridized carbons (Fsp3) is 0.391. The Hall–Kier alpha value is -2.73. The third-order valence-electron chi connectivity index (χ3n) is 5.29. The molecule has 0 radical (unpaired) electrons. The van der Waals surface area contributed by atoms with Crippen LogP contribution >= 0.6 is 0 Å². The van der Waals surface area contributed by atoms with Gasteiger partial charge >= 0.3 is 0 Å². The third kappa shape index (κ3) is 5.64. The summed E-state index contributed by atoms with van der Waals surface area (Å²) in [6.07, 6.45) is 0.821. The first-order chi connectivity index (χ1) is 13.9. The molecule has 2 amide bonds. The van der Waals surface area contributed by atoms with E-state index in [1.54, 1.807) is 30.1 Å². The summed E-state index contributed by atoms with van der Waals surface area (Å²) in [5.74, 6) is -0.308. The zero-order valence-electron chi connectivity index (χ0n) is 17.1. The van der Waals surface area contributed by atoms with E-state index in [4.69, 9.17) is 0 Å². The maximum absolute atomic E-state index is 13.8. The number of nitrogens with zero attached hydrogens (tertiary/aromatic N) is 3. The standard InChI is InChI=1S/C23H28FN3O2/c1-18-7-5-9-19(15-18)23(29)27-12-6-11-26(13-14-27)17-22(28)25(2)16-20-8-3-4-10-21(20)24/h3-5,7-10,15H,6,11-14,16-17H2,1-2H3. The third-order valence-corrected chi connectivity index (χ3v) is 5.29. The minimum atomic E-state index is -0.299. The second-order valence-electron chi connectivity index (χ2n) is 7.63. The van der Waals surface area contributed by atoms with Crippen molar-refractivity contribution in [2.45, 2.75) is 19.9 Å². The lowest BCUT2D eigenvalue weighted by molar-refractivity contribution is -0.131. The van der Waals surface area contributed by atoms with Crippen LogP contribution in [-0.4, -0.2) is 66.3 Å². The van der Waals surface area contributed by atoms with Gasteiger partial charge in [0.05, 0.1) is 6.54 Å². The second kappa shape index (κ2) is 9.65. The van der Waals surface area contributed by atoms with Crippen LogP contribution in [0.25, 0.3) is 0 Å². The lowest BCUT2D eigenvalue weighted by atomic mass is 10.1. The van der Waals surface area contributed by atoms with E-state index in [0.717, 1.165) is 18.5 Å². The van der Waals surface area contributed by atoms with Gasteiger partial charge in [-0.15, -0.1) is 0 Å². The van der Waals surface area contributed by atoms with Crippen molar-refractivity contribution in [3.8, 4) is 0 Å². The van der Waals surface area contributed by atoms with Gasteiger partial charge in [-0.1, -0.05) is 35.9 Å². The maximum Gasteiger partial charge on any atom is 0.253 e. The largest absolute Gasteiger partial charge is 0.340 e. The van der Waals surface area contributed by atoms with Crippen molar-refractivity contribution in [2.24, 2.45) is 0 Å². The molecule has 6 heteroatoms. The van der Waals surface area contributed by atoms with Crippen molar-refractivity contribution in [2.75, 3.05) is 39.8 Å². The van der Waals surface area contributed by atoms with Gasteiger partial charge in [0.2, 0.25) is 5.91 Å². The van der Waals surface area contributed by atoms with E-state index < -0.39 is 0 Å². The number of likely N-dealkylation sites (N-methyl/N-ethyl adjacent to an activating group) is 1. The lowest BCUT2D eigenvalue weighted by Crippen LogP contribution is -2.40. The zero-order chi connectivity index (χ0) is 20.8. The molecule has 0 unspecified atom stereocenters. The summed E-state index contributed by atoms with van der Waals surface area (Å²) in [4.78, 5) is 30.9. The molecule has 1 heterocycles. The van der Waals surface area contributed by atoms with E-state index in [1.165, 1.54) is 6.07 Å². The summed E-state index contributed by atoms with van der Waals surface area (Å²) in [5, 5.41) is 0. The van der Waals surface area contributed by atoms with Gasteiger partial charge in [-0.25, -0.2) is 4.39 Å². The van der Waals surface area contributed by atoms with Crippen LogP contribution in [0.3, 0.4) is 0 Å². The first-order valence-electron chi connectivity index (χ1n) is 9.99. The molecule has 5 nitrogen and oxygen atoms in total. The number of hydrogen-bond acceptors (Lipinski definition) is 3. The van der Waals surface area contributed by atoms with E-state index >= 15 is 0 Å². The molecule has 1 aliphatic rings. The van der Waals surface area contributed by atoms with Gasteiger partial charge in [0, 0.05) is 50.9 Å². The quantitative estimate of drug-likeness (QED) is 0.779. The zero-order valence-corrected chi connectivity index (χ0v) is 17.1. The van der Waals surface area contributed by atoms with Gasteiger partial charge in [-0.05, 0) is 31.5 Å². The number of hydrogen-bond donors (Lipinski definition) is 0. The first kappa shape index (κ1) is 21.0. The molecule has 29 heavy (non-hydrogen) atoms. The number of aryl methyl sites for hydroxylation is 1. The molecular weight excluding hydrogens is 369 g/mol. The SMILES string of the molecule is Cc1cccc(C(=O)N2CCCN(CC(=O)N(C)Cc3ccccc3F)CC2)c1. The molecule has 1 fully saturated rings. The van der Waals surface area contributed by atoms with Crippen LogP contribution in [0, 0.1) is 12.7 Å². The fourth-order valence-corrected chi connectivity index (χ4v) is 3.58. The molecule has 0 bridgehead atoms. The highest BCUT2D eigenvalue weighted by Crippen LogP contribution is 2.12. The van der Waals surface area contributed by atoms with E-state index in [-0.39, 0.29) is 30.7 Å². The molecule has 1 aliphatic heterocycles. The molecule has 3 rings (SSSR count). The Labute approximate surface area is 171 Å². The summed E-state index contributed by atoms with van der Waals surface area (Å²) in [7, 11) is 1.69. The van der Waals surface area contributed by atoms with Gasteiger partial charge in [0.1, 0.15) is 5.82 Å². The van der Waals surface area contributed by atoms with E-state index in [1.807, 2.05) is 36.1 Å². The van der Waals surface area contributed by atoms with Gasteiger partial charge in [0.15, 0.2) is 0 Å². The first-order valence-corrected chi connectivity index (χ1v) is 9.99. The predicted octanol–water partition coefficient (Wildman–Crippen LogP) is 2.94. The Morgan fingerprint density at radius 3 is 2.59 bits per heavy atom. The van der Waals surface area contributed by atoms with Crippen LogP contribution in [0.2, 0.25) is 0 Å². The number of carbonyl (C=O) groups excluding carboxylic acids is 2. The molecule has 0 atom stereocenters. The summed E-state index contributed by atoms with van der Waals surface area (Å²) in [5.41, 5.74) is 2.28. The number of rotatable bonds is 5. The second-order valence-corrected chi connectivity index (χ2v) is 7.63. The lowest BCUT2D eigenvalue weighted by Gasteiger charge is -2.24. The van der Waals surface area contributed by atoms with Crippen LogP contribution in [0.15, 0.2) is 48.5 Å².